The van der Waals surface area contributed by atoms with E-state index in [1.807, 2.05) is 0 Å². The first kappa shape index (κ1) is 15.8. The summed E-state index contributed by atoms with van der Waals surface area (Å²) in [5, 5.41) is 3.20. The van der Waals surface area contributed by atoms with Crippen LogP contribution in [0, 0.1) is 11.7 Å². The van der Waals surface area contributed by atoms with E-state index in [4.69, 9.17) is 16.3 Å². The molecule has 1 saturated heterocycles. The molecule has 0 amide bonds. The van der Waals surface area contributed by atoms with Gasteiger partial charge in [-0.25, -0.2) is 9.11 Å². The highest BCUT2D eigenvalue weighted by atomic mass is 35.5. The lowest BCUT2D eigenvalue weighted by molar-refractivity contribution is 0.0321. The maximum Gasteiger partial charge on any atom is 0.141 e. The van der Waals surface area contributed by atoms with Gasteiger partial charge in [-0.15, -0.1) is 0 Å². The quantitative estimate of drug-likeness (QED) is 0.816. The Bertz CT molecular complexity index is 492. The molecule has 112 valence electrons. The maximum absolute atomic E-state index is 13.2. The van der Waals surface area contributed by atoms with Crippen molar-refractivity contribution >= 4 is 22.9 Å². The summed E-state index contributed by atoms with van der Waals surface area (Å²) in [5.41, 5.74) is 0.739. The van der Waals surface area contributed by atoms with Crippen LogP contribution in [0.4, 0.5) is 4.39 Å². The highest BCUT2D eigenvalue weighted by molar-refractivity contribution is 7.77. The first-order valence-electron chi connectivity index (χ1n) is 6.18. The van der Waals surface area contributed by atoms with Crippen molar-refractivity contribution in [3.8, 4) is 0 Å². The van der Waals surface area contributed by atoms with Crippen LogP contribution in [-0.2, 0) is 16.0 Å². The van der Waals surface area contributed by atoms with Gasteiger partial charge >= 0.3 is 0 Å². The summed E-state index contributed by atoms with van der Waals surface area (Å²) in [6, 6.07) is 4.42. The van der Waals surface area contributed by atoms with Gasteiger partial charge in [-0.3, -0.25) is 4.21 Å². The number of nitrogens with one attached hydrogen (secondary N) is 2. The van der Waals surface area contributed by atoms with Crippen LogP contribution >= 0.6 is 11.6 Å². The summed E-state index contributed by atoms with van der Waals surface area (Å²) >= 11 is 3.47. The Morgan fingerprint density at radius 3 is 3.10 bits per heavy atom. The van der Waals surface area contributed by atoms with E-state index in [0.29, 0.717) is 19.7 Å². The summed E-state index contributed by atoms with van der Waals surface area (Å²) in [4.78, 5) is 0. The van der Waals surface area contributed by atoms with E-state index in [0.717, 1.165) is 5.56 Å². The van der Waals surface area contributed by atoms with Crippen molar-refractivity contribution in [2.45, 2.75) is 6.10 Å². The largest absolute Gasteiger partial charge is 0.760 e. The van der Waals surface area contributed by atoms with Gasteiger partial charge < -0.3 is 14.6 Å². The second kappa shape index (κ2) is 7.44. The Labute approximate surface area is 124 Å². The number of halogens is 2. The Kier molecular flexibility index (Phi) is 5.88. The molecule has 2 rings (SSSR count). The van der Waals surface area contributed by atoms with E-state index in [-0.39, 0.29) is 23.6 Å². The van der Waals surface area contributed by atoms with E-state index in [1.165, 1.54) is 12.1 Å². The third-order valence-corrected chi connectivity index (χ3v) is 3.84. The van der Waals surface area contributed by atoms with Crippen LogP contribution < -0.4 is 10.0 Å². The molecule has 2 N–H and O–H groups in total. The van der Waals surface area contributed by atoms with Gasteiger partial charge in [0.05, 0.1) is 17.7 Å². The van der Waals surface area contributed by atoms with Crippen LogP contribution in [0.3, 0.4) is 0 Å². The van der Waals surface area contributed by atoms with Crippen molar-refractivity contribution in [1.29, 1.82) is 0 Å². The molecule has 0 radical (unpaired) electrons. The Balaban J connectivity index is 2.18. The number of hydrogen-bond acceptors (Lipinski definition) is 4. The molecule has 0 bridgehead atoms. The highest BCUT2D eigenvalue weighted by Crippen LogP contribution is 2.29. The van der Waals surface area contributed by atoms with Gasteiger partial charge in [0.1, 0.15) is 5.82 Å². The van der Waals surface area contributed by atoms with Crippen molar-refractivity contribution in [3.05, 3.63) is 34.6 Å². The first-order valence-corrected chi connectivity index (χ1v) is 7.63. The van der Waals surface area contributed by atoms with Gasteiger partial charge in [0.15, 0.2) is 0 Å². The molecule has 0 aliphatic carbocycles. The lowest BCUT2D eigenvalue weighted by Crippen LogP contribution is -2.34. The fourth-order valence-corrected chi connectivity index (χ4v) is 2.74. The molecule has 8 heteroatoms. The third-order valence-electron chi connectivity index (χ3n) is 3.15. The van der Waals surface area contributed by atoms with E-state index >= 15 is 0 Å². The Morgan fingerprint density at radius 1 is 1.60 bits per heavy atom. The van der Waals surface area contributed by atoms with Crippen molar-refractivity contribution in [3.63, 3.8) is 0 Å². The average molecular weight is 322 g/mol. The second-order valence-corrected chi connectivity index (χ2v) is 5.68. The molecular formula is C12H15ClFN2O3S-. The smallest absolute Gasteiger partial charge is 0.141 e. The average Bonchev–Trinajstić information content (AvgIpc) is 2.65. The molecule has 1 aliphatic rings. The van der Waals surface area contributed by atoms with Gasteiger partial charge in [0.2, 0.25) is 0 Å². The Hall–Kier alpha value is -0.570. The highest BCUT2D eigenvalue weighted by Gasteiger charge is 2.26. The molecule has 1 aromatic rings. The molecule has 1 aliphatic heterocycles. The zero-order chi connectivity index (χ0) is 14.5. The molecular weight excluding hydrogens is 307 g/mol. The van der Waals surface area contributed by atoms with E-state index < -0.39 is 17.1 Å². The molecule has 1 aromatic carbocycles. The lowest BCUT2D eigenvalue weighted by Gasteiger charge is -2.26. The predicted molar refractivity (Wildman–Crippen MR) is 73.4 cm³/mol. The van der Waals surface area contributed by atoms with Crippen molar-refractivity contribution in [2.75, 3.05) is 26.2 Å². The summed E-state index contributed by atoms with van der Waals surface area (Å²) < 4.78 is 42.6. The topological polar surface area (TPSA) is 73.4 Å². The fraction of sp³-hybridized carbons (Fsp3) is 0.500. The second-order valence-electron chi connectivity index (χ2n) is 4.51. The van der Waals surface area contributed by atoms with E-state index in [2.05, 4.69) is 10.0 Å². The molecule has 0 aromatic heterocycles. The molecule has 20 heavy (non-hydrogen) atoms. The Morgan fingerprint density at radius 2 is 2.40 bits per heavy atom. The number of hydrogen-bond donors (Lipinski definition) is 2. The van der Waals surface area contributed by atoms with Crippen LogP contribution in [-0.4, -0.2) is 35.0 Å². The van der Waals surface area contributed by atoms with Crippen molar-refractivity contribution in [2.24, 2.45) is 5.92 Å². The van der Waals surface area contributed by atoms with Crippen LogP contribution in [0.5, 0.6) is 0 Å². The van der Waals surface area contributed by atoms with Crippen LogP contribution in [0.1, 0.15) is 11.7 Å². The molecule has 1 fully saturated rings. The van der Waals surface area contributed by atoms with Crippen LogP contribution in [0.15, 0.2) is 18.2 Å². The zero-order valence-electron chi connectivity index (χ0n) is 10.6. The van der Waals surface area contributed by atoms with Crippen molar-refractivity contribution < 1.29 is 17.9 Å². The predicted octanol–water partition coefficient (Wildman–Crippen LogP) is 1.14. The summed E-state index contributed by atoms with van der Waals surface area (Å²) in [7, 11) is 0. The molecule has 1 heterocycles. The maximum atomic E-state index is 13.2. The number of ether oxygens (including phenoxy) is 1. The van der Waals surface area contributed by atoms with Crippen molar-refractivity contribution in [1.82, 2.24) is 10.0 Å². The van der Waals surface area contributed by atoms with Gasteiger partial charge in [-0.2, -0.15) is 0 Å². The summed E-state index contributed by atoms with van der Waals surface area (Å²) in [5.74, 6) is -0.588. The fourth-order valence-electron chi connectivity index (χ4n) is 2.20. The molecule has 0 spiro atoms. The molecule has 5 nitrogen and oxygen atoms in total. The minimum Gasteiger partial charge on any atom is -0.760 e. The zero-order valence-corrected chi connectivity index (χ0v) is 12.2. The third kappa shape index (κ3) is 4.21. The minimum atomic E-state index is -2.32. The van der Waals surface area contributed by atoms with Gasteiger partial charge in [0, 0.05) is 36.8 Å². The van der Waals surface area contributed by atoms with Crippen LogP contribution in [0.2, 0.25) is 5.02 Å². The number of benzene rings is 1. The molecule has 3 atom stereocenters. The van der Waals surface area contributed by atoms with Gasteiger partial charge in [0.25, 0.3) is 0 Å². The standard InChI is InChI=1S/C12H16ClFN2O3S/c13-10-5-8(1-2-11(10)14)12-9(7-16-20(17)18)6-15-3-4-19-12/h1-2,5,9,12,15-16H,3-4,6-7H2,(H,17,18)/p-1. The minimum absolute atomic E-state index is 0.0300. The van der Waals surface area contributed by atoms with Gasteiger partial charge in [-0.1, -0.05) is 17.7 Å². The van der Waals surface area contributed by atoms with Gasteiger partial charge in [-0.05, 0) is 17.7 Å². The lowest BCUT2D eigenvalue weighted by atomic mass is 9.95. The summed E-state index contributed by atoms with van der Waals surface area (Å²) in [6.45, 7) is 2.02. The monoisotopic (exact) mass is 321 g/mol. The van der Waals surface area contributed by atoms with E-state index in [9.17, 15) is 13.2 Å². The number of rotatable bonds is 4. The van der Waals surface area contributed by atoms with Crippen LogP contribution in [0.25, 0.3) is 0 Å². The normalized spacial score (nSPS) is 25.1. The summed E-state index contributed by atoms with van der Waals surface area (Å²) in [6.07, 6.45) is -0.334. The molecule has 0 saturated carbocycles. The SMILES string of the molecule is O=S([O-])NCC1CNCCOC1c1ccc(F)c(Cl)c1. The molecule has 3 unspecified atom stereocenters. The first-order chi connectivity index (χ1) is 9.58. The van der Waals surface area contributed by atoms with E-state index in [1.54, 1.807) is 6.07 Å².